The zero-order valence-electron chi connectivity index (χ0n) is 23.9. The quantitative estimate of drug-likeness (QED) is 0.250. The number of aromatic amines is 1. The van der Waals surface area contributed by atoms with Crippen LogP contribution in [0, 0.1) is 13.8 Å². The van der Waals surface area contributed by atoms with Crippen molar-refractivity contribution in [2.45, 2.75) is 46.2 Å². The summed E-state index contributed by atoms with van der Waals surface area (Å²) in [7, 11) is 0. The summed E-state index contributed by atoms with van der Waals surface area (Å²) in [5, 5.41) is 12.3. The van der Waals surface area contributed by atoms with E-state index in [4.69, 9.17) is 14.8 Å². The third kappa shape index (κ3) is 4.65. The zero-order valence-corrected chi connectivity index (χ0v) is 23.9. The Morgan fingerprint density at radius 1 is 1.00 bits per heavy atom. The number of hydrogen-bond acceptors (Lipinski definition) is 9. The first kappa shape index (κ1) is 26.1. The van der Waals surface area contributed by atoms with Crippen LogP contribution in [0.5, 0.6) is 0 Å². The predicted octanol–water partition coefficient (Wildman–Crippen LogP) is 5.37. The number of anilines is 5. The molecule has 4 aromatic heterocycles. The lowest BCUT2D eigenvalue weighted by Crippen LogP contribution is -2.30. The number of pyridine rings is 2. The van der Waals surface area contributed by atoms with Gasteiger partial charge in [-0.15, -0.1) is 0 Å². The van der Waals surface area contributed by atoms with E-state index < -0.39 is 0 Å². The first-order chi connectivity index (χ1) is 20.5. The maximum atomic E-state index is 13.1. The summed E-state index contributed by atoms with van der Waals surface area (Å²) in [5.41, 5.74) is 7.39. The van der Waals surface area contributed by atoms with Crippen LogP contribution in [0.3, 0.4) is 0 Å². The molecular formula is C31H33N9O2. The summed E-state index contributed by atoms with van der Waals surface area (Å²) in [6.45, 7) is 9.07. The standard InChI is InChI=1S/C31H33N9O2/c1-4-39-17-26-22(16-33-40(26)20-9-12-42-13-10-20)21-6-5-7-24(30(21)39)36-25-15-28(37-23-8-11-32-31(41)29(23)25)38-27-14-18(2)34-19(3)35-27/h5-8,11,14-16,20H,4,9-10,12-13,17H2,1-3H3,(H,32,41)(H2,34,35,36,37,38). The van der Waals surface area contributed by atoms with E-state index in [1.54, 1.807) is 12.3 Å². The van der Waals surface area contributed by atoms with E-state index >= 15 is 0 Å². The topological polar surface area (TPSA) is 126 Å². The number of nitrogens with one attached hydrogen (secondary N) is 3. The predicted molar refractivity (Wildman–Crippen MR) is 164 cm³/mol. The maximum absolute atomic E-state index is 13.1. The minimum Gasteiger partial charge on any atom is -0.381 e. The highest BCUT2D eigenvalue weighted by molar-refractivity contribution is 5.98. The molecule has 1 aromatic carbocycles. The molecule has 6 heterocycles. The number of aromatic nitrogens is 6. The van der Waals surface area contributed by atoms with Gasteiger partial charge in [0, 0.05) is 54.9 Å². The summed E-state index contributed by atoms with van der Waals surface area (Å²) in [4.78, 5) is 31.8. The lowest BCUT2D eigenvalue weighted by molar-refractivity contribution is 0.0654. The average molecular weight is 564 g/mol. The Morgan fingerprint density at radius 2 is 1.83 bits per heavy atom. The van der Waals surface area contributed by atoms with E-state index in [2.05, 4.69) is 60.3 Å². The van der Waals surface area contributed by atoms with Crippen LogP contribution in [0.2, 0.25) is 0 Å². The van der Waals surface area contributed by atoms with Gasteiger partial charge in [0.2, 0.25) is 0 Å². The molecule has 1 saturated heterocycles. The minimum atomic E-state index is -0.208. The second kappa shape index (κ2) is 10.6. The van der Waals surface area contributed by atoms with Crippen molar-refractivity contribution < 1.29 is 4.74 Å². The molecule has 42 heavy (non-hydrogen) atoms. The molecule has 214 valence electrons. The van der Waals surface area contributed by atoms with Crippen LogP contribution in [-0.4, -0.2) is 49.5 Å². The van der Waals surface area contributed by atoms with Crippen molar-refractivity contribution in [3.63, 3.8) is 0 Å². The molecule has 2 aliphatic heterocycles. The maximum Gasteiger partial charge on any atom is 0.259 e. The largest absolute Gasteiger partial charge is 0.381 e. The molecular weight excluding hydrogens is 530 g/mol. The lowest BCUT2D eigenvalue weighted by atomic mass is 9.96. The molecule has 3 N–H and O–H groups in total. The Bertz CT molecular complexity index is 1840. The third-order valence-corrected chi connectivity index (χ3v) is 8.02. The van der Waals surface area contributed by atoms with Crippen LogP contribution >= 0.6 is 0 Å². The summed E-state index contributed by atoms with van der Waals surface area (Å²) < 4.78 is 7.82. The fraction of sp³-hybridized carbons (Fsp3) is 0.323. The number of fused-ring (bicyclic) bond motifs is 4. The van der Waals surface area contributed by atoms with Gasteiger partial charge in [-0.3, -0.25) is 9.48 Å². The zero-order chi connectivity index (χ0) is 28.8. The molecule has 1 fully saturated rings. The highest BCUT2D eigenvalue weighted by atomic mass is 16.5. The number of para-hydroxylation sites is 1. The van der Waals surface area contributed by atoms with Gasteiger partial charge in [0.25, 0.3) is 5.56 Å². The van der Waals surface area contributed by atoms with Crippen molar-refractivity contribution in [1.82, 2.24) is 29.7 Å². The minimum absolute atomic E-state index is 0.208. The van der Waals surface area contributed by atoms with Crippen molar-refractivity contribution in [1.29, 1.82) is 0 Å². The van der Waals surface area contributed by atoms with Crippen LogP contribution < -0.4 is 21.1 Å². The van der Waals surface area contributed by atoms with E-state index in [0.29, 0.717) is 40.1 Å². The van der Waals surface area contributed by atoms with Gasteiger partial charge in [0.05, 0.1) is 52.4 Å². The van der Waals surface area contributed by atoms with Gasteiger partial charge in [-0.05, 0) is 45.7 Å². The van der Waals surface area contributed by atoms with Gasteiger partial charge in [0.15, 0.2) is 0 Å². The number of nitrogens with zero attached hydrogens (tertiary/aromatic N) is 6. The van der Waals surface area contributed by atoms with Gasteiger partial charge in [-0.25, -0.2) is 15.0 Å². The highest BCUT2D eigenvalue weighted by Crippen LogP contribution is 2.45. The second-order valence-electron chi connectivity index (χ2n) is 10.8. The monoisotopic (exact) mass is 563 g/mol. The molecule has 11 heteroatoms. The van der Waals surface area contributed by atoms with Gasteiger partial charge in [-0.1, -0.05) is 12.1 Å². The summed E-state index contributed by atoms with van der Waals surface area (Å²) in [5.74, 6) is 1.89. The number of benzene rings is 1. The molecule has 0 bridgehead atoms. The Morgan fingerprint density at radius 3 is 2.64 bits per heavy atom. The van der Waals surface area contributed by atoms with Crippen molar-refractivity contribution in [3.05, 3.63) is 76.4 Å². The van der Waals surface area contributed by atoms with E-state index in [9.17, 15) is 4.79 Å². The number of H-pyrrole nitrogens is 1. The molecule has 2 aliphatic rings. The number of aryl methyl sites for hydroxylation is 2. The number of rotatable bonds is 6. The van der Waals surface area contributed by atoms with Gasteiger partial charge < -0.3 is 25.3 Å². The van der Waals surface area contributed by atoms with E-state index in [0.717, 1.165) is 67.3 Å². The van der Waals surface area contributed by atoms with Crippen LogP contribution in [0.25, 0.3) is 22.0 Å². The SMILES string of the molecule is CCN1Cc2c(cnn2C2CCOCC2)-c2cccc(Nc3cc(Nc4cc(C)nc(C)n4)nc4cc[nH]c(=O)c34)c21. The first-order valence-corrected chi connectivity index (χ1v) is 14.4. The van der Waals surface area contributed by atoms with Crippen molar-refractivity contribution in [2.24, 2.45) is 0 Å². The van der Waals surface area contributed by atoms with Crippen LogP contribution in [-0.2, 0) is 11.3 Å². The van der Waals surface area contributed by atoms with Crippen LogP contribution in [0.15, 0.2) is 53.6 Å². The molecule has 11 nitrogen and oxygen atoms in total. The highest BCUT2D eigenvalue weighted by Gasteiger charge is 2.30. The van der Waals surface area contributed by atoms with Crippen LogP contribution in [0.4, 0.5) is 28.7 Å². The summed E-state index contributed by atoms with van der Waals surface area (Å²) in [6, 6.07) is 12.2. The van der Waals surface area contributed by atoms with E-state index in [-0.39, 0.29) is 5.56 Å². The first-order valence-electron chi connectivity index (χ1n) is 14.4. The fourth-order valence-corrected chi connectivity index (χ4v) is 6.16. The van der Waals surface area contributed by atoms with Crippen LogP contribution in [0.1, 0.15) is 43.0 Å². The molecule has 0 aliphatic carbocycles. The molecule has 0 atom stereocenters. The van der Waals surface area contributed by atoms with Gasteiger partial charge in [-0.2, -0.15) is 5.10 Å². The lowest BCUT2D eigenvalue weighted by Gasteiger charge is -2.34. The Hall–Kier alpha value is -4.77. The molecule has 0 amide bonds. The second-order valence-corrected chi connectivity index (χ2v) is 10.8. The van der Waals surface area contributed by atoms with Crippen molar-refractivity contribution in [2.75, 3.05) is 35.3 Å². The fourth-order valence-electron chi connectivity index (χ4n) is 6.16. The van der Waals surface area contributed by atoms with Crippen molar-refractivity contribution >= 4 is 39.6 Å². The number of hydrogen-bond donors (Lipinski definition) is 3. The van der Waals surface area contributed by atoms with E-state index in [1.165, 1.54) is 5.69 Å². The molecule has 0 unspecified atom stereocenters. The Kier molecular flexibility index (Phi) is 6.58. The van der Waals surface area contributed by atoms with Crippen molar-refractivity contribution in [3.8, 4) is 11.1 Å². The molecule has 0 spiro atoms. The van der Waals surface area contributed by atoms with E-state index in [1.807, 2.05) is 32.2 Å². The Labute approximate surface area is 243 Å². The Balaban J connectivity index is 1.31. The molecule has 0 saturated carbocycles. The number of ether oxygens (including phenoxy) is 1. The summed E-state index contributed by atoms with van der Waals surface area (Å²) in [6.07, 6.45) is 5.57. The molecule has 0 radical (unpaired) electrons. The summed E-state index contributed by atoms with van der Waals surface area (Å²) >= 11 is 0. The van der Waals surface area contributed by atoms with Gasteiger partial charge >= 0.3 is 0 Å². The third-order valence-electron chi connectivity index (χ3n) is 8.02. The average Bonchev–Trinajstić information content (AvgIpc) is 3.41. The normalized spacial score (nSPS) is 15.0. The molecule has 5 aromatic rings. The van der Waals surface area contributed by atoms with Gasteiger partial charge in [0.1, 0.15) is 17.5 Å². The smallest absolute Gasteiger partial charge is 0.259 e. The molecule has 7 rings (SSSR count).